The molecule has 0 bridgehead atoms. The Morgan fingerprint density at radius 1 is 0.800 bits per heavy atom. The van der Waals surface area contributed by atoms with Crippen molar-refractivity contribution in [2.45, 2.75) is 73.1 Å². The second-order valence-electron chi connectivity index (χ2n) is 6.16. The van der Waals surface area contributed by atoms with Crippen molar-refractivity contribution >= 4 is 15.2 Å². The van der Waals surface area contributed by atoms with Crippen LogP contribution in [0.15, 0.2) is 0 Å². The summed E-state index contributed by atoms with van der Waals surface area (Å²) in [6.07, 6.45) is 12.8. The van der Waals surface area contributed by atoms with Gasteiger partial charge in [-0.3, -0.25) is 0 Å². The predicted octanol–water partition coefficient (Wildman–Crippen LogP) is 6.22. The molecule has 0 radical (unpaired) electrons. The molecule has 4 heteroatoms. The molecular formula is C16H38O2P2. The third-order valence-electron chi connectivity index (χ3n) is 4.78. The van der Waals surface area contributed by atoms with Crippen LogP contribution in [0.25, 0.3) is 0 Å². The molecule has 0 rings (SSSR count). The SMILES string of the molecule is CCCCP(O)OP(CC)(CC)(CCCC)CCCC. The summed E-state index contributed by atoms with van der Waals surface area (Å²) in [5.74, 6) is 0. The van der Waals surface area contributed by atoms with Crippen LogP contribution in [0.2, 0.25) is 0 Å². The van der Waals surface area contributed by atoms with Gasteiger partial charge in [-0.1, -0.05) is 0 Å². The second-order valence-corrected chi connectivity index (χ2v) is 13.8. The standard InChI is InChI=1S/C16H38O2P2/c1-6-11-14-19(17)18-20(9-4,10-5,15-12-7-2)16-13-8-3/h17H,6-16H2,1-5H3. The third kappa shape index (κ3) is 6.27. The first-order chi connectivity index (χ1) is 9.51. The molecule has 0 aliphatic carbocycles. The molecule has 124 valence electrons. The van der Waals surface area contributed by atoms with Crippen LogP contribution in [0.1, 0.15) is 73.1 Å². The van der Waals surface area contributed by atoms with Crippen molar-refractivity contribution in [3.8, 4) is 0 Å². The van der Waals surface area contributed by atoms with E-state index in [9.17, 15) is 4.89 Å². The van der Waals surface area contributed by atoms with Crippen LogP contribution in [0, 0.1) is 0 Å². The van der Waals surface area contributed by atoms with E-state index in [1.54, 1.807) is 0 Å². The van der Waals surface area contributed by atoms with Gasteiger partial charge >= 0.3 is 128 Å². The van der Waals surface area contributed by atoms with E-state index in [0.29, 0.717) is 0 Å². The summed E-state index contributed by atoms with van der Waals surface area (Å²) < 4.78 is 6.58. The minimum atomic E-state index is -2.15. The normalized spacial score (nSPS) is 15.8. The molecule has 0 aliphatic heterocycles. The Labute approximate surface area is 129 Å². The van der Waals surface area contributed by atoms with Crippen LogP contribution in [-0.4, -0.2) is 35.7 Å². The number of unbranched alkanes of at least 4 members (excludes halogenated alkanes) is 3. The van der Waals surface area contributed by atoms with E-state index in [-0.39, 0.29) is 0 Å². The van der Waals surface area contributed by atoms with Crippen LogP contribution in [0.3, 0.4) is 0 Å². The van der Waals surface area contributed by atoms with Crippen LogP contribution in [-0.2, 0) is 4.31 Å². The van der Waals surface area contributed by atoms with Gasteiger partial charge < -0.3 is 0 Å². The van der Waals surface area contributed by atoms with Crippen molar-refractivity contribution in [2.24, 2.45) is 0 Å². The number of rotatable bonds is 13. The Morgan fingerprint density at radius 2 is 1.25 bits per heavy atom. The average molecular weight is 324 g/mol. The first-order valence-electron chi connectivity index (χ1n) is 8.68. The van der Waals surface area contributed by atoms with E-state index in [1.807, 2.05) is 0 Å². The monoisotopic (exact) mass is 324 g/mol. The van der Waals surface area contributed by atoms with Crippen LogP contribution in [0.5, 0.6) is 0 Å². The molecule has 0 aromatic rings. The first-order valence-corrected chi connectivity index (χ1v) is 13.0. The predicted molar refractivity (Wildman–Crippen MR) is 97.6 cm³/mol. The topological polar surface area (TPSA) is 29.5 Å². The summed E-state index contributed by atoms with van der Waals surface area (Å²) in [6.45, 7) is 9.15. The van der Waals surface area contributed by atoms with E-state index in [2.05, 4.69) is 34.6 Å². The van der Waals surface area contributed by atoms with Gasteiger partial charge in [0.15, 0.2) is 0 Å². The second kappa shape index (κ2) is 10.5. The van der Waals surface area contributed by atoms with Gasteiger partial charge in [0.05, 0.1) is 0 Å². The average Bonchev–Trinajstić information content (AvgIpc) is 2.48. The van der Waals surface area contributed by atoms with Gasteiger partial charge in [-0.15, -0.1) is 0 Å². The van der Waals surface area contributed by atoms with Crippen molar-refractivity contribution < 1.29 is 9.20 Å². The summed E-state index contributed by atoms with van der Waals surface area (Å²) in [5.41, 5.74) is 0. The molecule has 1 N–H and O–H groups in total. The van der Waals surface area contributed by atoms with Crippen molar-refractivity contribution in [2.75, 3.05) is 30.8 Å². The van der Waals surface area contributed by atoms with E-state index < -0.39 is 15.2 Å². The number of hydrogen-bond acceptors (Lipinski definition) is 2. The molecule has 1 atom stereocenters. The molecular weight excluding hydrogens is 286 g/mol. The molecule has 20 heavy (non-hydrogen) atoms. The van der Waals surface area contributed by atoms with Gasteiger partial charge in [-0.05, 0) is 0 Å². The van der Waals surface area contributed by atoms with Gasteiger partial charge in [0, 0.05) is 0 Å². The van der Waals surface area contributed by atoms with E-state index >= 15 is 0 Å². The molecule has 1 unspecified atom stereocenters. The molecule has 0 fully saturated rings. The van der Waals surface area contributed by atoms with E-state index in [4.69, 9.17) is 4.31 Å². The molecule has 0 aliphatic rings. The van der Waals surface area contributed by atoms with Crippen molar-refractivity contribution in [1.82, 2.24) is 0 Å². The van der Waals surface area contributed by atoms with Gasteiger partial charge in [-0.2, -0.15) is 0 Å². The fourth-order valence-corrected chi connectivity index (χ4v) is 11.7. The van der Waals surface area contributed by atoms with Crippen molar-refractivity contribution in [3.05, 3.63) is 0 Å². The molecule has 0 heterocycles. The van der Waals surface area contributed by atoms with Gasteiger partial charge in [-0.25, -0.2) is 0 Å². The zero-order valence-corrected chi connectivity index (χ0v) is 16.3. The molecule has 2 nitrogen and oxygen atoms in total. The number of hydrogen-bond donors (Lipinski definition) is 1. The Morgan fingerprint density at radius 3 is 1.60 bits per heavy atom. The molecule has 0 saturated heterocycles. The Kier molecular flexibility index (Phi) is 10.9. The Bertz CT molecular complexity index is 231. The minimum absolute atomic E-state index is 0.863. The summed E-state index contributed by atoms with van der Waals surface area (Å²) in [4.78, 5) is 10.4. The zero-order valence-electron chi connectivity index (χ0n) is 14.5. The molecule has 0 spiro atoms. The summed E-state index contributed by atoms with van der Waals surface area (Å²) >= 11 is 0. The Hall–Kier alpha value is 0.780. The van der Waals surface area contributed by atoms with Gasteiger partial charge in [0.25, 0.3) is 0 Å². The molecule has 0 aromatic carbocycles. The molecule has 0 saturated carbocycles. The zero-order chi connectivity index (χ0) is 15.5. The summed E-state index contributed by atoms with van der Waals surface area (Å²) in [6, 6.07) is 0. The molecule has 0 aromatic heterocycles. The first kappa shape index (κ1) is 20.8. The maximum absolute atomic E-state index is 10.4. The van der Waals surface area contributed by atoms with Gasteiger partial charge in [0.2, 0.25) is 0 Å². The van der Waals surface area contributed by atoms with Crippen molar-refractivity contribution in [3.63, 3.8) is 0 Å². The van der Waals surface area contributed by atoms with Gasteiger partial charge in [0.1, 0.15) is 0 Å². The third-order valence-corrected chi connectivity index (χ3v) is 14.2. The van der Waals surface area contributed by atoms with Crippen LogP contribution in [0.4, 0.5) is 0 Å². The fraction of sp³-hybridized carbons (Fsp3) is 1.00. The van der Waals surface area contributed by atoms with Crippen LogP contribution >= 0.6 is 15.2 Å². The van der Waals surface area contributed by atoms with Crippen LogP contribution < -0.4 is 0 Å². The van der Waals surface area contributed by atoms with E-state index in [0.717, 1.165) is 31.3 Å². The fourth-order valence-electron chi connectivity index (χ4n) is 2.88. The quantitative estimate of drug-likeness (QED) is 0.408. The summed E-state index contributed by atoms with van der Waals surface area (Å²) in [5, 5.41) is 0. The summed E-state index contributed by atoms with van der Waals surface area (Å²) in [7, 11) is -1.21. The van der Waals surface area contributed by atoms with Crippen molar-refractivity contribution in [1.29, 1.82) is 0 Å². The molecule has 0 amide bonds. The maximum atomic E-state index is 10.4. The van der Waals surface area contributed by atoms with E-state index in [1.165, 1.54) is 38.0 Å². The Balaban J connectivity index is 5.04.